The molecule has 0 radical (unpaired) electrons. The first-order valence-corrected chi connectivity index (χ1v) is 7.64. The Morgan fingerprint density at radius 3 is 2.13 bits per heavy atom. The molecule has 1 amide bonds. The number of benzene rings is 2. The summed E-state index contributed by atoms with van der Waals surface area (Å²) in [4.78, 5) is 25.2. The van der Waals surface area contributed by atoms with Crippen LogP contribution in [0, 0.1) is 0 Å². The zero-order valence-electron chi connectivity index (χ0n) is 13.4. The molecule has 0 saturated heterocycles. The second kappa shape index (κ2) is 7.58. The number of ether oxygens (including phenoxy) is 1. The molecule has 4 heteroatoms. The highest BCUT2D eigenvalue weighted by molar-refractivity contribution is 6.08. The fourth-order valence-electron chi connectivity index (χ4n) is 2.34. The van der Waals surface area contributed by atoms with Crippen molar-refractivity contribution in [3.05, 3.63) is 71.8 Å². The minimum atomic E-state index is -1.37. The number of carbonyl (C=O) groups is 2. The van der Waals surface area contributed by atoms with E-state index in [1.165, 1.54) is 0 Å². The largest absolute Gasteiger partial charge is 0.465 e. The second-order valence-electron chi connectivity index (χ2n) is 5.38. The molecule has 0 aliphatic rings. The third-order valence-electron chi connectivity index (χ3n) is 3.78. The predicted molar refractivity (Wildman–Crippen MR) is 88.7 cm³/mol. The van der Waals surface area contributed by atoms with E-state index in [2.05, 4.69) is 5.32 Å². The van der Waals surface area contributed by atoms with Gasteiger partial charge in [0.15, 0.2) is 5.41 Å². The fraction of sp³-hybridized carbons (Fsp3) is 0.263. The number of amides is 1. The van der Waals surface area contributed by atoms with E-state index in [1.807, 2.05) is 36.4 Å². The van der Waals surface area contributed by atoms with Gasteiger partial charge in [-0.15, -0.1) is 0 Å². The van der Waals surface area contributed by atoms with Gasteiger partial charge in [0.05, 0.1) is 6.61 Å². The van der Waals surface area contributed by atoms with Crippen LogP contribution in [0.2, 0.25) is 0 Å². The summed E-state index contributed by atoms with van der Waals surface area (Å²) in [7, 11) is 0. The molecular formula is C19H21NO3. The van der Waals surface area contributed by atoms with Crippen LogP contribution in [0.1, 0.15) is 25.0 Å². The van der Waals surface area contributed by atoms with Gasteiger partial charge in [0.2, 0.25) is 5.91 Å². The summed E-state index contributed by atoms with van der Waals surface area (Å²) in [5.74, 6) is -0.914. The van der Waals surface area contributed by atoms with E-state index in [9.17, 15) is 9.59 Å². The maximum Gasteiger partial charge on any atom is 0.325 e. The Morgan fingerprint density at radius 2 is 1.57 bits per heavy atom. The molecule has 0 saturated carbocycles. The van der Waals surface area contributed by atoms with E-state index in [1.54, 1.807) is 38.1 Å². The average molecular weight is 311 g/mol. The Hall–Kier alpha value is -2.62. The van der Waals surface area contributed by atoms with Gasteiger partial charge in [-0.1, -0.05) is 60.7 Å². The third kappa shape index (κ3) is 3.77. The quantitative estimate of drug-likeness (QED) is 0.659. The molecular weight excluding hydrogens is 290 g/mol. The Morgan fingerprint density at radius 1 is 1.00 bits per heavy atom. The van der Waals surface area contributed by atoms with Crippen LogP contribution < -0.4 is 5.32 Å². The molecule has 23 heavy (non-hydrogen) atoms. The van der Waals surface area contributed by atoms with Crippen molar-refractivity contribution >= 4 is 11.9 Å². The average Bonchev–Trinajstić information content (AvgIpc) is 2.60. The van der Waals surface area contributed by atoms with Crippen molar-refractivity contribution in [3.63, 3.8) is 0 Å². The zero-order valence-corrected chi connectivity index (χ0v) is 13.4. The Bertz CT molecular complexity index is 655. The molecule has 4 nitrogen and oxygen atoms in total. The number of nitrogens with one attached hydrogen (secondary N) is 1. The van der Waals surface area contributed by atoms with Crippen LogP contribution in [0.5, 0.6) is 0 Å². The molecule has 0 fully saturated rings. The van der Waals surface area contributed by atoms with E-state index in [0.29, 0.717) is 12.1 Å². The van der Waals surface area contributed by atoms with E-state index >= 15 is 0 Å². The molecule has 0 aliphatic carbocycles. The topological polar surface area (TPSA) is 55.4 Å². The summed E-state index contributed by atoms with van der Waals surface area (Å²) >= 11 is 0. The maximum atomic E-state index is 12.7. The smallest absolute Gasteiger partial charge is 0.325 e. The summed E-state index contributed by atoms with van der Waals surface area (Å²) in [6.07, 6.45) is 0. The SMILES string of the molecule is CCOC(=O)C(C)(C(=O)NCc1ccccc1)c1ccccc1. The minimum absolute atomic E-state index is 0.229. The molecule has 2 aromatic carbocycles. The molecule has 1 unspecified atom stereocenters. The molecule has 2 rings (SSSR count). The molecule has 0 heterocycles. The first kappa shape index (κ1) is 16.7. The monoisotopic (exact) mass is 311 g/mol. The van der Waals surface area contributed by atoms with Crippen LogP contribution in [0.3, 0.4) is 0 Å². The molecule has 0 aromatic heterocycles. The van der Waals surface area contributed by atoms with Gasteiger partial charge in [0, 0.05) is 6.54 Å². The van der Waals surface area contributed by atoms with Crippen LogP contribution in [0.4, 0.5) is 0 Å². The van der Waals surface area contributed by atoms with E-state index in [0.717, 1.165) is 5.56 Å². The molecule has 2 aromatic rings. The number of rotatable bonds is 6. The summed E-state index contributed by atoms with van der Waals surface area (Å²) in [6, 6.07) is 18.5. The van der Waals surface area contributed by atoms with Gasteiger partial charge in [-0.25, -0.2) is 0 Å². The summed E-state index contributed by atoms with van der Waals surface area (Å²) in [6.45, 7) is 3.92. The molecule has 1 atom stereocenters. The fourth-order valence-corrected chi connectivity index (χ4v) is 2.34. The number of hydrogen-bond acceptors (Lipinski definition) is 3. The Balaban J connectivity index is 2.23. The molecule has 1 N–H and O–H groups in total. The second-order valence-corrected chi connectivity index (χ2v) is 5.38. The zero-order chi connectivity index (χ0) is 16.7. The third-order valence-corrected chi connectivity index (χ3v) is 3.78. The Labute approximate surface area is 136 Å². The number of esters is 1. The maximum absolute atomic E-state index is 12.7. The van der Waals surface area contributed by atoms with Crippen molar-refractivity contribution in [1.82, 2.24) is 5.32 Å². The van der Waals surface area contributed by atoms with Crippen molar-refractivity contribution in [2.45, 2.75) is 25.8 Å². The molecule has 0 aliphatic heterocycles. The number of carbonyl (C=O) groups excluding carboxylic acids is 2. The summed E-state index contributed by atoms with van der Waals surface area (Å²) in [5, 5.41) is 2.84. The summed E-state index contributed by atoms with van der Waals surface area (Å²) < 4.78 is 5.13. The summed E-state index contributed by atoms with van der Waals surface area (Å²) in [5.41, 5.74) is 0.218. The molecule has 120 valence electrons. The van der Waals surface area contributed by atoms with Gasteiger partial charge in [0.25, 0.3) is 0 Å². The van der Waals surface area contributed by atoms with Gasteiger partial charge in [0.1, 0.15) is 0 Å². The van der Waals surface area contributed by atoms with E-state index < -0.39 is 11.4 Å². The van der Waals surface area contributed by atoms with Crippen molar-refractivity contribution in [1.29, 1.82) is 0 Å². The lowest BCUT2D eigenvalue weighted by molar-refractivity contribution is -0.154. The Kier molecular flexibility index (Phi) is 5.52. The van der Waals surface area contributed by atoms with Gasteiger partial charge in [-0.2, -0.15) is 0 Å². The van der Waals surface area contributed by atoms with Crippen LogP contribution in [0.25, 0.3) is 0 Å². The first-order chi connectivity index (χ1) is 11.1. The van der Waals surface area contributed by atoms with Crippen molar-refractivity contribution in [2.24, 2.45) is 0 Å². The van der Waals surface area contributed by atoms with E-state index in [4.69, 9.17) is 4.74 Å². The minimum Gasteiger partial charge on any atom is -0.465 e. The van der Waals surface area contributed by atoms with E-state index in [-0.39, 0.29) is 12.5 Å². The van der Waals surface area contributed by atoms with Crippen molar-refractivity contribution < 1.29 is 14.3 Å². The lowest BCUT2D eigenvalue weighted by Gasteiger charge is -2.26. The highest BCUT2D eigenvalue weighted by atomic mass is 16.5. The van der Waals surface area contributed by atoms with Gasteiger partial charge < -0.3 is 10.1 Å². The lowest BCUT2D eigenvalue weighted by Crippen LogP contribution is -2.48. The van der Waals surface area contributed by atoms with Crippen LogP contribution in [0.15, 0.2) is 60.7 Å². The normalized spacial score (nSPS) is 13.0. The highest BCUT2D eigenvalue weighted by Gasteiger charge is 2.44. The standard InChI is InChI=1S/C19H21NO3/c1-3-23-18(22)19(2,16-12-8-5-9-13-16)17(21)20-14-15-10-6-4-7-11-15/h4-13H,3,14H2,1-2H3,(H,20,21). The van der Waals surface area contributed by atoms with Gasteiger partial charge in [-0.05, 0) is 25.0 Å². The van der Waals surface area contributed by atoms with Gasteiger partial charge in [-0.3, -0.25) is 9.59 Å². The number of hydrogen-bond donors (Lipinski definition) is 1. The predicted octanol–water partition coefficient (Wildman–Crippen LogP) is 2.82. The van der Waals surface area contributed by atoms with Crippen LogP contribution in [-0.2, 0) is 26.3 Å². The van der Waals surface area contributed by atoms with Gasteiger partial charge >= 0.3 is 5.97 Å². The van der Waals surface area contributed by atoms with Crippen LogP contribution >= 0.6 is 0 Å². The first-order valence-electron chi connectivity index (χ1n) is 7.64. The lowest BCUT2D eigenvalue weighted by atomic mass is 9.81. The van der Waals surface area contributed by atoms with Crippen molar-refractivity contribution in [3.8, 4) is 0 Å². The molecule has 0 spiro atoms. The van der Waals surface area contributed by atoms with Crippen LogP contribution in [-0.4, -0.2) is 18.5 Å². The van der Waals surface area contributed by atoms with Crippen molar-refractivity contribution in [2.75, 3.05) is 6.61 Å². The molecule has 0 bridgehead atoms. The highest BCUT2D eigenvalue weighted by Crippen LogP contribution is 2.26.